The zero-order valence-corrected chi connectivity index (χ0v) is 14.0. The Morgan fingerprint density at radius 2 is 1.87 bits per heavy atom. The Bertz CT molecular complexity index is 599. The molecule has 1 aromatic carbocycles. The smallest absolute Gasteiger partial charge is 0.159 e. The molecule has 2 fully saturated rings. The van der Waals surface area contributed by atoms with Crippen molar-refractivity contribution in [1.82, 2.24) is 0 Å². The molecule has 23 heavy (non-hydrogen) atoms. The van der Waals surface area contributed by atoms with E-state index in [1.807, 2.05) is 12.1 Å². The minimum absolute atomic E-state index is 0.144. The number of hydrogen-bond acceptors (Lipinski definition) is 2. The molecule has 3 atom stereocenters. The van der Waals surface area contributed by atoms with Crippen LogP contribution in [0.1, 0.15) is 30.1 Å². The maximum Gasteiger partial charge on any atom is 0.159 e. The molecule has 3 aliphatic rings. The van der Waals surface area contributed by atoms with Crippen LogP contribution in [0.2, 0.25) is 0 Å². The molecule has 3 nitrogen and oxygen atoms in total. The second-order valence-corrected chi connectivity index (χ2v) is 7.58. The topological polar surface area (TPSA) is 24.8 Å². The Hall–Kier alpha value is -1.61. The van der Waals surface area contributed by atoms with Gasteiger partial charge < -0.3 is 9.80 Å². The number of ketones is 1. The first-order chi connectivity index (χ1) is 11.2. The summed E-state index contributed by atoms with van der Waals surface area (Å²) in [6.07, 6.45) is 7.78. The predicted molar refractivity (Wildman–Crippen MR) is 93.1 cm³/mol. The summed E-state index contributed by atoms with van der Waals surface area (Å²) in [5, 5.41) is 0. The zero-order valence-electron chi connectivity index (χ0n) is 14.0. The van der Waals surface area contributed by atoms with Crippen molar-refractivity contribution in [2.24, 2.45) is 17.8 Å². The van der Waals surface area contributed by atoms with Crippen LogP contribution >= 0.6 is 0 Å². The van der Waals surface area contributed by atoms with Crippen molar-refractivity contribution < 1.29 is 9.69 Å². The van der Waals surface area contributed by atoms with E-state index in [1.54, 1.807) is 11.8 Å². The Morgan fingerprint density at radius 3 is 2.43 bits per heavy atom. The number of carbonyl (C=O) groups is 1. The SMILES string of the molecule is CC(=O)c1ccc(N2CC[NH+](C[C@@H]3C[C@H]4C=C[C@H]3C4)CC2)cc1. The summed E-state index contributed by atoms with van der Waals surface area (Å²) in [5.74, 6) is 2.85. The number of allylic oxidation sites excluding steroid dienone is 2. The third-order valence-electron chi connectivity index (χ3n) is 6.08. The molecular weight excluding hydrogens is 284 g/mol. The van der Waals surface area contributed by atoms with Crippen LogP contribution in [0.3, 0.4) is 0 Å². The van der Waals surface area contributed by atoms with Crippen LogP contribution in [0.15, 0.2) is 36.4 Å². The fraction of sp³-hybridized carbons (Fsp3) is 0.550. The van der Waals surface area contributed by atoms with Gasteiger partial charge in [-0.2, -0.15) is 0 Å². The number of Topliss-reactive ketones (excluding diaryl/α,β-unsaturated/α-hetero) is 1. The highest BCUT2D eigenvalue weighted by molar-refractivity contribution is 5.94. The van der Waals surface area contributed by atoms with Gasteiger partial charge in [-0.1, -0.05) is 12.2 Å². The number of fused-ring (bicyclic) bond motifs is 2. The largest absolute Gasteiger partial charge is 0.360 e. The van der Waals surface area contributed by atoms with Crippen molar-refractivity contribution in [3.63, 3.8) is 0 Å². The summed E-state index contributed by atoms with van der Waals surface area (Å²) in [6, 6.07) is 8.11. The van der Waals surface area contributed by atoms with E-state index in [2.05, 4.69) is 29.2 Å². The molecule has 1 saturated heterocycles. The fourth-order valence-corrected chi connectivity index (χ4v) is 4.69. The fourth-order valence-electron chi connectivity index (χ4n) is 4.69. The van der Waals surface area contributed by atoms with Crippen molar-refractivity contribution in [1.29, 1.82) is 0 Å². The molecule has 2 aliphatic carbocycles. The molecule has 1 N–H and O–H groups in total. The monoisotopic (exact) mass is 311 g/mol. The van der Waals surface area contributed by atoms with Gasteiger partial charge in [-0.15, -0.1) is 0 Å². The van der Waals surface area contributed by atoms with Crippen molar-refractivity contribution in [3.8, 4) is 0 Å². The summed E-state index contributed by atoms with van der Waals surface area (Å²) in [6.45, 7) is 7.74. The second-order valence-electron chi connectivity index (χ2n) is 7.58. The number of carbonyl (C=O) groups excluding carboxylic acids is 1. The number of nitrogens with zero attached hydrogens (tertiary/aromatic N) is 1. The summed E-state index contributed by atoms with van der Waals surface area (Å²) in [7, 11) is 0. The maximum absolute atomic E-state index is 11.4. The maximum atomic E-state index is 11.4. The van der Waals surface area contributed by atoms with E-state index in [0.717, 1.165) is 36.4 Å². The van der Waals surface area contributed by atoms with Gasteiger partial charge in [0.25, 0.3) is 0 Å². The van der Waals surface area contributed by atoms with Crippen molar-refractivity contribution in [3.05, 3.63) is 42.0 Å². The highest BCUT2D eigenvalue weighted by Crippen LogP contribution is 2.42. The Kier molecular flexibility index (Phi) is 3.98. The lowest BCUT2D eigenvalue weighted by atomic mass is 9.93. The molecule has 0 unspecified atom stereocenters. The van der Waals surface area contributed by atoms with E-state index in [-0.39, 0.29) is 5.78 Å². The molecule has 122 valence electrons. The third kappa shape index (κ3) is 3.07. The Balaban J connectivity index is 1.30. The van der Waals surface area contributed by atoms with Crippen LogP contribution in [0.4, 0.5) is 5.69 Å². The molecule has 1 saturated carbocycles. The van der Waals surface area contributed by atoms with Gasteiger partial charge in [0.15, 0.2) is 5.78 Å². The van der Waals surface area contributed by atoms with Gasteiger partial charge in [-0.05, 0) is 55.9 Å². The zero-order chi connectivity index (χ0) is 15.8. The van der Waals surface area contributed by atoms with E-state index >= 15 is 0 Å². The predicted octanol–water partition coefficient (Wildman–Crippen LogP) is 1.81. The molecule has 0 aromatic heterocycles. The van der Waals surface area contributed by atoms with Gasteiger partial charge in [-0.25, -0.2) is 0 Å². The molecule has 0 radical (unpaired) electrons. The van der Waals surface area contributed by atoms with Gasteiger partial charge >= 0.3 is 0 Å². The first-order valence-electron chi connectivity index (χ1n) is 9.07. The molecule has 0 amide bonds. The first kappa shape index (κ1) is 14.9. The van der Waals surface area contributed by atoms with Crippen molar-refractivity contribution >= 4 is 11.5 Å². The molecule has 1 aromatic rings. The van der Waals surface area contributed by atoms with Crippen LogP contribution in [0.5, 0.6) is 0 Å². The highest BCUT2D eigenvalue weighted by Gasteiger charge is 2.38. The molecule has 4 rings (SSSR count). The Morgan fingerprint density at radius 1 is 1.13 bits per heavy atom. The molecule has 3 heteroatoms. The lowest BCUT2D eigenvalue weighted by Crippen LogP contribution is -3.15. The third-order valence-corrected chi connectivity index (χ3v) is 6.08. The summed E-state index contributed by atoms with van der Waals surface area (Å²) in [5.41, 5.74) is 2.07. The van der Waals surface area contributed by atoms with E-state index < -0.39 is 0 Å². The van der Waals surface area contributed by atoms with Gasteiger partial charge in [0, 0.05) is 17.2 Å². The number of anilines is 1. The van der Waals surface area contributed by atoms with Gasteiger partial charge in [-0.3, -0.25) is 4.79 Å². The van der Waals surface area contributed by atoms with Crippen LogP contribution < -0.4 is 9.80 Å². The molecule has 1 heterocycles. The molecular formula is C20H27N2O+. The number of nitrogens with one attached hydrogen (secondary N) is 1. The Labute approximate surface area is 139 Å². The number of hydrogen-bond donors (Lipinski definition) is 1. The number of piperazine rings is 1. The van der Waals surface area contributed by atoms with Crippen LogP contribution in [0, 0.1) is 17.8 Å². The quantitative estimate of drug-likeness (QED) is 0.677. The van der Waals surface area contributed by atoms with Crippen LogP contribution in [0.25, 0.3) is 0 Å². The number of rotatable bonds is 4. The number of benzene rings is 1. The average Bonchev–Trinajstić information content (AvgIpc) is 3.18. The van der Waals surface area contributed by atoms with Crippen LogP contribution in [-0.2, 0) is 0 Å². The van der Waals surface area contributed by atoms with Gasteiger partial charge in [0.05, 0.1) is 32.7 Å². The average molecular weight is 311 g/mol. The molecule has 0 spiro atoms. The van der Waals surface area contributed by atoms with Crippen molar-refractivity contribution in [2.75, 3.05) is 37.6 Å². The second kappa shape index (κ2) is 6.12. The summed E-state index contributed by atoms with van der Waals surface area (Å²) < 4.78 is 0. The van der Waals surface area contributed by atoms with E-state index in [9.17, 15) is 4.79 Å². The highest BCUT2D eigenvalue weighted by atomic mass is 16.1. The number of quaternary nitrogens is 1. The van der Waals surface area contributed by atoms with Crippen LogP contribution in [-0.4, -0.2) is 38.5 Å². The standard InChI is InChI=1S/C20H26N2O/c1-15(23)17-4-6-20(7-5-17)22-10-8-21(9-11-22)14-19-13-16-2-3-18(19)12-16/h2-7,16,18-19H,8-14H2,1H3/p+1/t16-,18-,19-/m0/s1. The van der Waals surface area contributed by atoms with E-state index in [1.165, 1.54) is 38.2 Å². The first-order valence-corrected chi connectivity index (χ1v) is 9.07. The summed E-state index contributed by atoms with van der Waals surface area (Å²) in [4.78, 5) is 15.6. The van der Waals surface area contributed by atoms with E-state index in [0.29, 0.717) is 0 Å². The minimum atomic E-state index is 0.144. The van der Waals surface area contributed by atoms with E-state index in [4.69, 9.17) is 0 Å². The van der Waals surface area contributed by atoms with Gasteiger partial charge in [0.1, 0.15) is 0 Å². The lowest BCUT2D eigenvalue weighted by molar-refractivity contribution is -0.904. The lowest BCUT2D eigenvalue weighted by Gasteiger charge is -2.35. The normalized spacial score (nSPS) is 30.1. The molecule has 1 aliphatic heterocycles. The molecule has 2 bridgehead atoms. The van der Waals surface area contributed by atoms with Gasteiger partial charge in [0.2, 0.25) is 0 Å². The summed E-state index contributed by atoms with van der Waals surface area (Å²) >= 11 is 0. The minimum Gasteiger partial charge on any atom is -0.360 e. The van der Waals surface area contributed by atoms with Crippen molar-refractivity contribution in [2.45, 2.75) is 19.8 Å².